The number of nitrogens with one attached hydrogen (secondary N) is 3. The fraction of sp³-hybridized carbons (Fsp3) is 0.444. The number of aryl methyl sites for hydroxylation is 1. The third kappa shape index (κ3) is 9.20. The Balaban J connectivity index is 1.45. The molecule has 0 unspecified atom stereocenters. The summed E-state index contributed by atoms with van der Waals surface area (Å²) in [4.78, 5) is 27.5. The number of nitrogens with two attached hydrogens (primary N) is 1. The predicted molar refractivity (Wildman–Crippen MR) is 182 cm³/mol. The van der Waals surface area contributed by atoms with Gasteiger partial charge in [0, 0.05) is 49.8 Å². The molecule has 0 bridgehead atoms. The molecule has 2 amide bonds. The van der Waals surface area contributed by atoms with Crippen molar-refractivity contribution < 1.29 is 31.2 Å². The second-order valence-electron chi connectivity index (χ2n) is 13.1. The van der Waals surface area contributed by atoms with Gasteiger partial charge in [0.25, 0.3) is 0 Å². The van der Waals surface area contributed by atoms with Crippen molar-refractivity contribution in [2.45, 2.75) is 75.1 Å². The number of piperazine rings is 1. The number of carbonyl (C=O) groups is 2. The van der Waals surface area contributed by atoms with Crippen LogP contribution in [0.2, 0.25) is 0 Å². The first-order valence-corrected chi connectivity index (χ1v) is 18.2. The smallest absolute Gasteiger partial charge is 0.247 e. The Morgan fingerprint density at radius 1 is 1.08 bits per heavy atom. The van der Waals surface area contributed by atoms with Gasteiger partial charge in [-0.05, 0) is 98.4 Å². The Morgan fingerprint density at radius 3 is 2.41 bits per heavy atom. The third-order valence-electron chi connectivity index (χ3n) is 9.27. The van der Waals surface area contributed by atoms with Crippen LogP contribution in [0.1, 0.15) is 67.6 Å². The number of hydrogen-bond donors (Lipinski definition) is 4. The zero-order valence-electron chi connectivity index (χ0n) is 27.6. The summed E-state index contributed by atoms with van der Waals surface area (Å²) < 4.78 is 72.1. The van der Waals surface area contributed by atoms with E-state index in [1.54, 1.807) is 13.0 Å². The van der Waals surface area contributed by atoms with Crippen molar-refractivity contribution in [3.8, 4) is 0 Å². The van der Waals surface area contributed by atoms with Gasteiger partial charge in [-0.1, -0.05) is 24.8 Å². The summed E-state index contributed by atoms with van der Waals surface area (Å²) in [5, 5.41) is 8.34. The fourth-order valence-corrected chi connectivity index (χ4v) is 8.49. The number of amides is 2. The van der Waals surface area contributed by atoms with E-state index in [4.69, 9.17) is 5.73 Å². The first kappa shape index (κ1) is 36.3. The van der Waals surface area contributed by atoms with Gasteiger partial charge >= 0.3 is 0 Å². The van der Waals surface area contributed by atoms with E-state index >= 15 is 4.39 Å². The summed E-state index contributed by atoms with van der Waals surface area (Å²) >= 11 is 0. The molecule has 2 aromatic rings. The van der Waals surface area contributed by atoms with Crippen LogP contribution in [0.3, 0.4) is 0 Å². The predicted octanol–water partition coefficient (Wildman–Crippen LogP) is 4.56. The van der Waals surface area contributed by atoms with E-state index in [2.05, 4.69) is 22.5 Å². The molecule has 9 nitrogen and oxygen atoms in total. The highest BCUT2D eigenvalue weighted by atomic mass is 32.2. The minimum absolute atomic E-state index is 0.00295. The van der Waals surface area contributed by atoms with Crippen molar-refractivity contribution in [2.24, 2.45) is 11.7 Å². The van der Waals surface area contributed by atoms with Crippen LogP contribution in [0.5, 0.6) is 0 Å². The molecule has 2 saturated carbocycles. The lowest BCUT2D eigenvalue weighted by Gasteiger charge is -2.35. The summed E-state index contributed by atoms with van der Waals surface area (Å²) in [5.41, 5.74) is 7.28. The zero-order valence-corrected chi connectivity index (χ0v) is 28.4. The topological polar surface area (TPSA) is 134 Å². The van der Waals surface area contributed by atoms with Gasteiger partial charge in [0.1, 0.15) is 23.5 Å². The molecular weight excluding hydrogens is 655 g/mol. The van der Waals surface area contributed by atoms with E-state index in [0.29, 0.717) is 49.2 Å². The third-order valence-corrected chi connectivity index (χ3v) is 11.7. The monoisotopic (exact) mass is 699 g/mol. The van der Waals surface area contributed by atoms with Crippen molar-refractivity contribution in [2.75, 3.05) is 19.6 Å². The Morgan fingerprint density at radius 2 is 1.80 bits per heavy atom. The first-order chi connectivity index (χ1) is 23.4. The zero-order chi connectivity index (χ0) is 35.3. The van der Waals surface area contributed by atoms with E-state index in [1.165, 1.54) is 40.7 Å². The lowest BCUT2D eigenvalue weighted by Crippen LogP contribution is -2.54. The van der Waals surface area contributed by atoms with E-state index in [9.17, 15) is 26.8 Å². The fourth-order valence-electron chi connectivity index (χ4n) is 6.43. The van der Waals surface area contributed by atoms with Crippen molar-refractivity contribution >= 4 is 21.8 Å². The molecule has 1 saturated heterocycles. The molecule has 1 aliphatic heterocycles. The van der Waals surface area contributed by atoms with Gasteiger partial charge in [-0.3, -0.25) is 9.59 Å². The van der Waals surface area contributed by atoms with Gasteiger partial charge < -0.3 is 21.7 Å². The maximum absolute atomic E-state index is 15.5. The number of allylic oxidation sites excluding steroid dienone is 3. The van der Waals surface area contributed by atoms with E-state index < -0.39 is 62.6 Å². The summed E-state index contributed by atoms with van der Waals surface area (Å²) in [7, 11) is -3.49. The molecular formula is C36H44F3N5O4S. The molecule has 13 heteroatoms. The maximum atomic E-state index is 15.5. The molecule has 49 heavy (non-hydrogen) atoms. The van der Waals surface area contributed by atoms with E-state index in [-0.39, 0.29) is 36.5 Å². The number of sulfonamides is 1. The van der Waals surface area contributed by atoms with Crippen molar-refractivity contribution in [1.82, 2.24) is 20.3 Å². The van der Waals surface area contributed by atoms with Crippen LogP contribution in [0.15, 0.2) is 78.4 Å². The highest BCUT2D eigenvalue weighted by Crippen LogP contribution is 2.35. The number of benzene rings is 2. The van der Waals surface area contributed by atoms with Crippen LogP contribution in [0, 0.1) is 24.5 Å². The average Bonchev–Trinajstić information content (AvgIpc) is 4.00. The number of halogens is 3. The van der Waals surface area contributed by atoms with Crippen LogP contribution < -0.4 is 21.7 Å². The minimum Gasteiger partial charge on any atom is -0.403 e. The average molecular weight is 700 g/mol. The summed E-state index contributed by atoms with van der Waals surface area (Å²) in [6, 6.07) is 7.85. The molecule has 3 fully saturated rings. The Kier molecular flexibility index (Phi) is 11.7. The van der Waals surface area contributed by atoms with Crippen LogP contribution in [0.4, 0.5) is 13.2 Å². The molecule has 0 aromatic heterocycles. The van der Waals surface area contributed by atoms with Gasteiger partial charge in [-0.15, -0.1) is 0 Å². The van der Waals surface area contributed by atoms with Crippen LogP contribution in [-0.2, 0) is 19.6 Å². The molecule has 0 radical (unpaired) electrons. The quantitative estimate of drug-likeness (QED) is 0.202. The van der Waals surface area contributed by atoms with Gasteiger partial charge in [-0.2, -0.15) is 4.31 Å². The van der Waals surface area contributed by atoms with E-state index in [1.807, 2.05) is 0 Å². The summed E-state index contributed by atoms with van der Waals surface area (Å²) in [6.45, 7) is 6.42. The normalized spacial score (nSPS) is 20.6. The number of carbonyl (C=O) groups excluding carboxylic acids is 2. The largest absolute Gasteiger partial charge is 0.403 e. The molecule has 2 aromatic carbocycles. The highest BCUT2D eigenvalue weighted by molar-refractivity contribution is 7.90. The number of rotatable bonds is 15. The molecule has 2 aliphatic carbocycles. The molecule has 1 heterocycles. The van der Waals surface area contributed by atoms with Crippen molar-refractivity contribution in [3.63, 3.8) is 0 Å². The van der Waals surface area contributed by atoms with Crippen molar-refractivity contribution in [3.05, 3.63) is 107 Å². The van der Waals surface area contributed by atoms with Crippen molar-refractivity contribution in [1.29, 1.82) is 0 Å². The lowest BCUT2D eigenvalue weighted by atomic mass is 9.83. The number of nitrogens with zero attached hydrogens (tertiary/aromatic N) is 1. The Hall–Kier alpha value is -3.94. The van der Waals surface area contributed by atoms with Gasteiger partial charge in [0.2, 0.25) is 21.8 Å². The van der Waals surface area contributed by atoms with Gasteiger partial charge in [0.15, 0.2) is 0 Å². The second-order valence-corrected chi connectivity index (χ2v) is 15.3. The SMILES string of the molecule is C=C/C(F)=C(CC[C@H]1CNCCN1S(=O)(=O)C1CC1)\C(=C/N)NC(=O)[C@@H](NC(=O)CC1CC1)[C@@H](c1ccc(F)cc1)c1cc(C)cc(F)c1. The van der Waals surface area contributed by atoms with Gasteiger partial charge in [0.05, 0.1) is 10.9 Å². The Labute approximate surface area is 285 Å². The number of hydrogen-bond acceptors (Lipinski definition) is 6. The van der Waals surface area contributed by atoms with Gasteiger partial charge in [-0.25, -0.2) is 21.6 Å². The molecule has 5 N–H and O–H groups in total. The standard InChI is InChI=1S/C36H44F3N5O4S/c1-3-31(39)30(13-10-28-21-41-14-15-44(28)49(47,48)29-11-12-29)32(20-40)42-36(46)35(43-33(45)18-23-4-5-23)34(24-6-8-26(37)9-7-24)25-16-22(2)17-27(38)19-25/h3,6-9,16-17,19-20,23,28-29,34-35,41H,1,4-5,10-15,18,21,40H2,2H3,(H,42,46)(H,43,45)/b31-30+,32-20+/t28-,34-,35-/m0/s1. The molecule has 264 valence electrons. The second kappa shape index (κ2) is 15.7. The minimum atomic E-state index is -3.49. The maximum Gasteiger partial charge on any atom is 0.247 e. The van der Waals surface area contributed by atoms with Crippen LogP contribution in [-0.4, -0.2) is 61.5 Å². The van der Waals surface area contributed by atoms with Crippen LogP contribution in [0.25, 0.3) is 0 Å². The first-order valence-electron chi connectivity index (χ1n) is 16.7. The molecule has 3 aliphatic rings. The Bertz CT molecular complexity index is 1700. The highest BCUT2D eigenvalue weighted by Gasteiger charge is 2.43. The lowest BCUT2D eigenvalue weighted by molar-refractivity contribution is -0.129. The summed E-state index contributed by atoms with van der Waals surface area (Å²) in [5.74, 6) is -3.76. The summed E-state index contributed by atoms with van der Waals surface area (Å²) in [6.07, 6.45) is 5.46. The van der Waals surface area contributed by atoms with Crippen LogP contribution >= 0.6 is 0 Å². The molecule has 3 atom stereocenters. The molecule has 0 spiro atoms. The molecule has 5 rings (SSSR count). The van der Waals surface area contributed by atoms with E-state index in [0.717, 1.165) is 25.1 Å².